The first-order valence-corrected chi connectivity index (χ1v) is 8.80. The number of carbonyl (C=O) groups excluding carboxylic acids is 1. The Balaban J connectivity index is 2.07. The van der Waals surface area contributed by atoms with Crippen molar-refractivity contribution in [2.45, 2.75) is 64.9 Å². The van der Waals surface area contributed by atoms with Gasteiger partial charge < -0.3 is 14.8 Å². The Morgan fingerprint density at radius 2 is 1.96 bits per heavy atom. The molecule has 4 heteroatoms. The highest BCUT2D eigenvalue weighted by Gasteiger charge is 2.40. The third-order valence-electron chi connectivity index (χ3n) is 4.39. The molecule has 1 aromatic carbocycles. The molecular weight excluding hydrogens is 290 g/mol. The van der Waals surface area contributed by atoms with Crippen LogP contribution < -0.4 is 10.1 Å². The average molecular weight is 319 g/mol. The minimum atomic E-state index is -0.654. The largest absolute Gasteiger partial charge is 0.493 e. The zero-order valence-electron chi connectivity index (χ0n) is 14.6. The molecule has 0 radical (unpaired) electrons. The molecule has 128 valence electrons. The standard InChI is InChI=1S/C19H29NO3/c1-4-13-22-17-10-9-16(14-15(17)3)20-18(21)19(23-5-2)11-7-6-8-12-19/h9-10,14H,4-8,11-13H2,1-3H3,(H,20,21). The maximum absolute atomic E-state index is 12.8. The van der Waals surface area contributed by atoms with Crippen LogP contribution in [0, 0.1) is 6.92 Å². The number of aryl methyl sites for hydroxylation is 1. The van der Waals surface area contributed by atoms with Crippen molar-refractivity contribution in [1.29, 1.82) is 0 Å². The number of hydrogen-bond donors (Lipinski definition) is 1. The van der Waals surface area contributed by atoms with Crippen LogP contribution in [0.15, 0.2) is 18.2 Å². The van der Waals surface area contributed by atoms with Crippen LogP contribution in [-0.4, -0.2) is 24.7 Å². The first-order chi connectivity index (χ1) is 11.1. The third kappa shape index (κ3) is 4.47. The van der Waals surface area contributed by atoms with Gasteiger partial charge in [-0.2, -0.15) is 0 Å². The van der Waals surface area contributed by atoms with E-state index in [1.807, 2.05) is 32.0 Å². The first kappa shape index (κ1) is 17.8. The van der Waals surface area contributed by atoms with Gasteiger partial charge in [-0.3, -0.25) is 4.79 Å². The fourth-order valence-electron chi connectivity index (χ4n) is 3.18. The van der Waals surface area contributed by atoms with Crippen molar-refractivity contribution in [3.63, 3.8) is 0 Å². The Morgan fingerprint density at radius 3 is 2.57 bits per heavy atom. The molecule has 4 nitrogen and oxygen atoms in total. The smallest absolute Gasteiger partial charge is 0.256 e. The summed E-state index contributed by atoms with van der Waals surface area (Å²) in [5.41, 5.74) is 1.18. The highest BCUT2D eigenvalue weighted by Crippen LogP contribution is 2.33. The molecule has 0 heterocycles. The lowest BCUT2D eigenvalue weighted by atomic mass is 9.83. The maximum Gasteiger partial charge on any atom is 0.256 e. The highest BCUT2D eigenvalue weighted by molar-refractivity contribution is 5.97. The molecule has 0 bridgehead atoms. The number of benzene rings is 1. The van der Waals surface area contributed by atoms with E-state index in [1.165, 1.54) is 6.42 Å². The van der Waals surface area contributed by atoms with E-state index >= 15 is 0 Å². The Labute approximate surface area is 139 Å². The van der Waals surface area contributed by atoms with Crippen molar-refractivity contribution in [2.24, 2.45) is 0 Å². The molecule has 1 aromatic rings. The Morgan fingerprint density at radius 1 is 1.22 bits per heavy atom. The summed E-state index contributed by atoms with van der Waals surface area (Å²) in [7, 11) is 0. The van der Waals surface area contributed by atoms with Crippen LogP contribution in [0.1, 0.15) is 57.9 Å². The molecule has 1 aliphatic rings. The molecule has 2 rings (SSSR count). The molecule has 0 aromatic heterocycles. The summed E-state index contributed by atoms with van der Waals surface area (Å²) in [6.45, 7) is 7.31. The molecule has 1 N–H and O–H groups in total. The lowest BCUT2D eigenvalue weighted by Gasteiger charge is -2.35. The Hall–Kier alpha value is -1.55. The summed E-state index contributed by atoms with van der Waals surface area (Å²) < 4.78 is 11.6. The number of hydrogen-bond acceptors (Lipinski definition) is 3. The predicted octanol–water partition coefficient (Wildman–Crippen LogP) is 4.46. The number of ether oxygens (including phenoxy) is 2. The molecule has 1 saturated carbocycles. The second kappa shape index (κ2) is 8.34. The van der Waals surface area contributed by atoms with Gasteiger partial charge in [0.05, 0.1) is 6.61 Å². The number of amides is 1. The van der Waals surface area contributed by atoms with Gasteiger partial charge in [-0.25, -0.2) is 0 Å². The van der Waals surface area contributed by atoms with Crippen LogP contribution in [0.5, 0.6) is 5.75 Å². The van der Waals surface area contributed by atoms with Gasteiger partial charge in [0.15, 0.2) is 0 Å². The van der Waals surface area contributed by atoms with Crippen LogP contribution in [0.25, 0.3) is 0 Å². The first-order valence-electron chi connectivity index (χ1n) is 8.80. The van der Waals surface area contributed by atoms with E-state index in [2.05, 4.69) is 12.2 Å². The number of nitrogens with one attached hydrogen (secondary N) is 1. The van der Waals surface area contributed by atoms with Gasteiger partial charge in [0.25, 0.3) is 5.91 Å². The molecule has 0 spiro atoms. The summed E-state index contributed by atoms with van der Waals surface area (Å²) in [6, 6.07) is 5.79. The van der Waals surface area contributed by atoms with Crippen molar-refractivity contribution < 1.29 is 14.3 Å². The topological polar surface area (TPSA) is 47.6 Å². The zero-order chi connectivity index (χ0) is 16.7. The summed E-state index contributed by atoms with van der Waals surface area (Å²) in [5, 5.41) is 3.04. The van der Waals surface area contributed by atoms with Crippen LogP contribution in [0.2, 0.25) is 0 Å². The van der Waals surface area contributed by atoms with Crippen molar-refractivity contribution in [1.82, 2.24) is 0 Å². The third-order valence-corrected chi connectivity index (χ3v) is 4.39. The van der Waals surface area contributed by atoms with Gasteiger partial charge in [-0.05, 0) is 56.9 Å². The molecule has 0 aliphatic heterocycles. The van der Waals surface area contributed by atoms with E-state index in [0.29, 0.717) is 13.2 Å². The second-order valence-corrected chi connectivity index (χ2v) is 6.27. The van der Waals surface area contributed by atoms with Gasteiger partial charge in [-0.1, -0.05) is 26.2 Å². The maximum atomic E-state index is 12.8. The average Bonchev–Trinajstić information content (AvgIpc) is 2.55. The summed E-state index contributed by atoms with van der Waals surface area (Å²) in [4.78, 5) is 12.8. The quantitative estimate of drug-likeness (QED) is 0.807. The predicted molar refractivity (Wildman–Crippen MR) is 93.0 cm³/mol. The monoisotopic (exact) mass is 319 g/mol. The minimum Gasteiger partial charge on any atom is -0.493 e. The van der Waals surface area contributed by atoms with Crippen molar-refractivity contribution in [3.8, 4) is 5.75 Å². The van der Waals surface area contributed by atoms with Crippen LogP contribution >= 0.6 is 0 Å². The van der Waals surface area contributed by atoms with Crippen molar-refractivity contribution in [2.75, 3.05) is 18.5 Å². The van der Waals surface area contributed by atoms with Gasteiger partial charge in [0, 0.05) is 12.3 Å². The van der Waals surface area contributed by atoms with Gasteiger partial charge in [0.2, 0.25) is 0 Å². The van der Waals surface area contributed by atoms with Gasteiger partial charge in [-0.15, -0.1) is 0 Å². The molecule has 23 heavy (non-hydrogen) atoms. The van der Waals surface area contributed by atoms with Crippen LogP contribution in [0.4, 0.5) is 5.69 Å². The van der Waals surface area contributed by atoms with E-state index in [4.69, 9.17) is 9.47 Å². The molecule has 0 saturated heterocycles. The summed E-state index contributed by atoms with van der Waals surface area (Å²) in [5.74, 6) is 0.864. The molecule has 1 aliphatic carbocycles. The van der Waals surface area contributed by atoms with Crippen molar-refractivity contribution >= 4 is 11.6 Å². The number of carbonyl (C=O) groups is 1. The normalized spacial score (nSPS) is 16.8. The minimum absolute atomic E-state index is 0.0133. The van der Waals surface area contributed by atoms with Crippen LogP contribution in [0.3, 0.4) is 0 Å². The number of rotatable bonds is 7. The molecule has 1 fully saturated rings. The number of anilines is 1. The fraction of sp³-hybridized carbons (Fsp3) is 0.632. The second-order valence-electron chi connectivity index (χ2n) is 6.27. The van der Waals surface area contributed by atoms with Crippen molar-refractivity contribution in [3.05, 3.63) is 23.8 Å². The van der Waals surface area contributed by atoms with E-state index in [0.717, 1.165) is 49.1 Å². The molecular formula is C19H29NO3. The molecule has 1 amide bonds. The van der Waals surface area contributed by atoms with E-state index < -0.39 is 5.60 Å². The van der Waals surface area contributed by atoms with E-state index in [-0.39, 0.29) is 5.91 Å². The summed E-state index contributed by atoms with van der Waals surface area (Å²) >= 11 is 0. The van der Waals surface area contributed by atoms with Gasteiger partial charge in [0.1, 0.15) is 11.4 Å². The fourth-order valence-corrected chi connectivity index (χ4v) is 3.18. The summed E-state index contributed by atoms with van der Waals surface area (Å²) in [6.07, 6.45) is 5.89. The highest BCUT2D eigenvalue weighted by atomic mass is 16.5. The van der Waals surface area contributed by atoms with Crippen LogP contribution in [-0.2, 0) is 9.53 Å². The Kier molecular flexibility index (Phi) is 6.46. The SMILES string of the molecule is CCCOc1ccc(NC(=O)C2(OCC)CCCCC2)cc1C. The Bertz CT molecular complexity index is 516. The van der Waals surface area contributed by atoms with Gasteiger partial charge >= 0.3 is 0 Å². The zero-order valence-corrected chi connectivity index (χ0v) is 14.6. The van der Waals surface area contributed by atoms with E-state index in [1.54, 1.807) is 0 Å². The lowest BCUT2D eigenvalue weighted by molar-refractivity contribution is -0.145. The van der Waals surface area contributed by atoms with E-state index in [9.17, 15) is 4.79 Å². The molecule has 0 unspecified atom stereocenters. The lowest BCUT2D eigenvalue weighted by Crippen LogP contribution is -2.47. The molecule has 0 atom stereocenters.